The van der Waals surface area contributed by atoms with Crippen LogP contribution in [-0.2, 0) is 5.41 Å². The van der Waals surface area contributed by atoms with Gasteiger partial charge >= 0.3 is 0 Å². The summed E-state index contributed by atoms with van der Waals surface area (Å²) in [6.07, 6.45) is 6.47. The Kier molecular flexibility index (Phi) is 8.10. The van der Waals surface area contributed by atoms with Crippen LogP contribution in [0.4, 0.5) is 0 Å². The first-order valence-corrected chi connectivity index (χ1v) is 19.3. The molecular weight excluding hydrogens is 653 g/mol. The quantitative estimate of drug-likeness (QED) is 0.173. The molecule has 2 nitrogen and oxygen atoms in total. The second kappa shape index (κ2) is 13.5. The normalized spacial score (nSPS) is 14.1. The van der Waals surface area contributed by atoms with Crippen LogP contribution in [0.2, 0.25) is 0 Å². The fraction of sp³-hybridized carbons (Fsp3) is 0.115. The fourth-order valence-electron chi connectivity index (χ4n) is 9.00. The fourth-order valence-corrected chi connectivity index (χ4v) is 9.00. The Bertz CT molecular complexity index is 2620. The molecule has 0 amide bonds. The van der Waals surface area contributed by atoms with Crippen LogP contribution in [0, 0.1) is 0 Å². The second-order valence-corrected chi connectivity index (χ2v) is 14.9. The van der Waals surface area contributed by atoms with Gasteiger partial charge in [0.2, 0.25) is 0 Å². The van der Waals surface area contributed by atoms with Gasteiger partial charge in [-0.1, -0.05) is 177 Å². The molecule has 8 aromatic rings. The summed E-state index contributed by atoms with van der Waals surface area (Å²) in [5.41, 5.74) is 18.2. The average molecular weight is 693 g/mol. The van der Waals surface area contributed by atoms with Crippen LogP contribution in [0.1, 0.15) is 43.2 Å². The summed E-state index contributed by atoms with van der Waals surface area (Å²) >= 11 is 0. The number of aromatic nitrogens is 2. The minimum atomic E-state index is 0.177. The lowest BCUT2D eigenvalue weighted by atomic mass is 9.68. The topological polar surface area (TPSA) is 25.8 Å². The van der Waals surface area contributed by atoms with E-state index in [0.29, 0.717) is 5.82 Å². The molecule has 7 aromatic carbocycles. The van der Waals surface area contributed by atoms with E-state index in [1.165, 1.54) is 82.2 Å². The monoisotopic (exact) mass is 692 g/mol. The van der Waals surface area contributed by atoms with E-state index >= 15 is 0 Å². The Labute approximate surface area is 317 Å². The van der Waals surface area contributed by atoms with Crippen molar-refractivity contribution in [3.8, 4) is 78.4 Å². The predicted octanol–water partition coefficient (Wildman–Crippen LogP) is 13.7. The van der Waals surface area contributed by atoms with Crippen LogP contribution in [-0.4, -0.2) is 9.97 Å². The number of rotatable bonds is 6. The van der Waals surface area contributed by atoms with Crippen LogP contribution in [0.3, 0.4) is 0 Å². The molecule has 1 heterocycles. The summed E-state index contributed by atoms with van der Waals surface area (Å²) in [6.45, 7) is 0. The van der Waals surface area contributed by atoms with E-state index < -0.39 is 0 Å². The molecule has 1 saturated carbocycles. The van der Waals surface area contributed by atoms with Crippen LogP contribution < -0.4 is 0 Å². The Morgan fingerprint density at radius 1 is 0.315 bits per heavy atom. The van der Waals surface area contributed by atoms with Crippen molar-refractivity contribution in [3.63, 3.8) is 0 Å². The highest BCUT2D eigenvalue weighted by Gasteiger charge is 2.43. The molecule has 2 aliphatic carbocycles. The molecule has 0 aliphatic heterocycles. The predicted molar refractivity (Wildman–Crippen MR) is 224 cm³/mol. The van der Waals surface area contributed by atoms with E-state index in [2.05, 4.69) is 176 Å². The smallest absolute Gasteiger partial charge is 0.160 e. The largest absolute Gasteiger partial charge is 0.228 e. The molecule has 0 bridgehead atoms. The average Bonchev–Trinajstić information content (AvgIpc) is 3.52. The van der Waals surface area contributed by atoms with Crippen molar-refractivity contribution in [1.29, 1.82) is 0 Å². The van der Waals surface area contributed by atoms with E-state index in [1.54, 1.807) is 0 Å². The standard InChI is InChI=1S/C52H40N2/c1-4-14-36(15-5-1)37-24-26-39(27-25-37)50-35-49(38-16-6-2-7-17-38)53-51(54-50)44-21-13-20-42(33-44)40-18-12-19-41(32-40)43-28-29-48-46(34-43)45-22-8-9-23-47(45)52(48)30-10-3-11-31-52/h1-2,4-9,12-29,32-35H,3,10-11,30-31H2. The van der Waals surface area contributed by atoms with E-state index in [4.69, 9.17) is 9.97 Å². The zero-order valence-electron chi connectivity index (χ0n) is 30.3. The van der Waals surface area contributed by atoms with Crippen molar-refractivity contribution in [3.05, 3.63) is 193 Å². The molecule has 0 unspecified atom stereocenters. The van der Waals surface area contributed by atoms with Crippen molar-refractivity contribution in [1.82, 2.24) is 9.97 Å². The molecule has 0 N–H and O–H groups in total. The highest BCUT2D eigenvalue weighted by atomic mass is 14.9. The van der Waals surface area contributed by atoms with Gasteiger partial charge in [-0.3, -0.25) is 0 Å². The zero-order chi connectivity index (χ0) is 35.9. The lowest BCUT2D eigenvalue weighted by Gasteiger charge is -2.36. The number of hydrogen-bond acceptors (Lipinski definition) is 2. The lowest BCUT2D eigenvalue weighted by Crippen LogP contribution is -2.27. The third kappa shape index (κ3) is 5.76. The molecule has 54 heavy (non-hydrogen) atoms. The maximum absolute atomic E-state index is 5.18. The molecule has 10 rings (SSSR count). The maximum atomic E-state index is 5.18. The first-order chi connectivity index (χ1) is 26.7. The van der Waals surface area contributed by atoms with Crippen LogP contribution in [0.15, 0.2) is 182 Å². The van der Waals surface area contributed by atoms with Crippen LogP contribution >= 0.6 is 0 Å². The van der Waals surface area contributed by atoms with Crippen molar-refractivity contribution < 1.29 is 0 Å². The van der Waals surface area contributed by atoms with Gasteiger partial charge in [0.1, 0.15) is 0 Å². The van der Waals surface area contributed by atoms with Gasteiger partial charge in [0.15, 0.2) is 5.82 Å². The molecule has 0 radical (unpaired) electrons. The molecule has 2 aliphatic rings. The lowest BCUT2D eigenvalue weighted by molar-refractivity contribution is 0.353. The van der Waals surface area contributed by atoms with Crippen molar-refractivity contribution in [2.24, 2.45) is 0 Å². The molecule has 1 spiro atoms. The Balaban J connectivity index is 1.01. The van der Waals surface area contributed by atoms with Crippen molar-refractivity contribution in [2.75, 3.05) is 0 Å². The molecule has 2 heteroatoms. The van der Waals surface area contributed by atoms with Gasteiger partial charge in [0.25, 0.3) is 0 Å². The summed E-state index contributed by atoms with van der Waals surface area (Å²) in [6, 6.07) is 65.7. The Hall–Kier alpha value is -6.38. The van der Waals surface area contributed by atoms with Crippen molar-refractivity contribution >= 4 is 0 Å². The molecular formula is C52H40N2. The van der Waals surface area contributed by atoms with Crippen LogP contribution in [0.5, 0.6) is 0 Å². The Morgan fingerprint density at radius 3 is 1.46 bits per heavy atom. The van der Waals surface area contributed by atoms with Gasteiger partial charge < -0.3 is 0 Å². The SMILES string of the molecule is c1ccc(-c2ccc(-c3cc(-c4ccccc4)nc(-c4cccc(-c5cccc(-c6ccc7c(c6)-c6ccccc6C76CCCCC6)c5)c4)n3)cc2)cc1. The molecule has 1 aromatic heterocycles. The first-order valence-electron chi connectivity index (χ1n) is 19.3. The van der Waals surface area contributed by atoms with Crippen molar-refractivity contribution in [2.45, 2.75) is 37.5 Å². The summed E-state index contributed by atoms with van der Waals surface area (Å²) < 4.78 is 0. The molecule has 1 fully saturated rings. The Morgan fingerprint density at radius 2 is 0.778 bits per heavy atom. The van der Waals surface area contributed by atoms with Crippen LogP contribution in [0.25, 0.3) is 78.4 Å². The van der Waals surface area contributed by atoms with Gasteiger partial charge in [0.05, 0.1) is 11.4 Å². The van der Waals surface area contributed by atoms with Gasteiger partial charge in [-0.2, -0.15) is 0 Å². The zero-order valence-corrected chi connectivity index (χ0v) is 30.3. The highest BCUT2D eigenvalue weighted by Crippen LogP contribution is 2.56. The van der Waals surface area contributed by atoms with E-state index in [-0.39, 0.29) is 5.41 Å². The second-order valence-electron chi connectivity index (χ2n) is 14.9. The summed E-state index contributed by atoms with van der Waals surface area (Å²) in [7, 11) is 0. The van der Waals surface area contributed by atoms with Gasteiger partial charge in [-0.25, -0.2) is 9.97 Å². The highest BCUT2D eigenvalue weighted by molar-refractivity contribution is 5.86. The third-order valence-electron chi connectivity index (χ3n) is 11.7. The molecule has 0 saturated heterocycles. The minimum absolute atomic E-state index is 0.177. The number of nitrogens with zero attached hydrogens (tertiary/aromatic N) is 2. The number of hydrogen-bond donors (Lipinski definition) is 0. The van der Waals surface area contributed by atoms with E-state index in [1.807, 2.05) is 6.07 Å². The summed E-state index contributed by atoms with van der Waals surface area (Å²) in [5, 5.41) is 0. The van der Waals surface area contributed by atoms with E-state index in [0.717, 1.165) is 33.6 Å². The summed E-state index contributed by atoms with van der Waals surface area (Å²) in [4.78, 5) is 10.3. The maximum Gasteiger partial charge on any atom is 0.160 e. The third-order valence-corrected chi connectivity index (χ3v) is 11.7. The molecule has 258 valence electrons. The number of benzene rings is 7. The van der Waals surface area contributed by atoms with Gasteiger partial charge in [-0.15, -0.1) is 0 Å². The minimum Gasteiger partial charge on any atom is -0.228 e. The first kappa shape index (κ1) is 32.3. The molecule has 0 atom stereocenters. The van der Waals surface area contributed by atoms with Gasteiger partial charge in [-0.05, 0) is 92.7 Å². The van der Waals surface area contributed by atoms with Gasteiger partial charge in [0, 0.05) is 22.1 Å². The summed E-state index contributed by atoms with van der Waals surface area (Å²) in [5.74, 6) is 0.713. The number of fused-ring (bicyclic) bond motifs is 5. The van der Waals surface area contributed by atoms with E-state index in [9.17, 15) is 0 Å².